The minimum Gasteiger partial charge on any atom is -0.493 e. The number of carbonyl (C=O) groups excluding carboxylic acids is 1. The number of rotatable bonds is 7. The lowest BCUT2D eigenvalue weighted by molar-refractivity contribution is -0.117. The molecule has 0 bridgehead atoms. The fourth-order valence-corrected chi connectivity index (χ4v) is 1.82. The van der Waals surface area contributed by atoms with Crippen LogP contribution in [-0.4, -0.2) is 26.6 Å². The average molecular weight is 325 g/mol. The van der Waals surface area contributed by atoms with Crippen molar-refractivity contribution in [2.75, 3.05) is 14.2 Å². The molecule has 0 aliphatic carbocycles. The Kier molecular flexibility index (Phi) is 6.51. The Labute approximate surface area is 133 Å². The lowest BCUT2D eigenvalue weighted by atomic mass is 9.99. The second-order valence-corrected chi connectivity index (χ2v) is 4.82. The van der Waals surface area contributed by atoms with Crippen LogP contribution in [0.5, 0.6) is 17.2 Å². The van der Waals surface area contributed by atoms with Crippen LogP contribution in [0.3, 0.4) is 0 Å². The van der Waals surface area contributed by atoms with E-state index >= 15 is 0 Å². The number of carbonyl (C=O) groups is 1. The third kappa shape index (κ3) is 4.68. The Morgan fingerprint density at radius 3 is 2.09 bits per heavy atom. The summed E-state index contributed by atoms with van der Waals surface area (Å²) in [4.78, 5) is 11.9. The normalized spacial score (nSPS) is 11.3. The Bertz CT molecular complexity index is 623. The molecule has 1 aromatic carbocycles. The molecule has 0 aliphatic heterocycles. The van der Waals surface area contributed by atoms with Crippen LogP contribution in [0.15, 0.2) is 17.7 Å². The molecule has 0 heterocycles. The molecule has 5 nitrogen and oxygen atoms in total. The molecule has 0 atom stereocenters. The highest BCUT2D eigenvalue weighted by atomic mass is 19.3. The number of allylic oxidation sites excluding steroid dienone is 1. The number of hydrogen-bond donors (Lipinski definition) is 0. The van der Waals surface area contributed by atoms with Gasteiger partial charge >= 0.3 is 6.61 Å². The first-order chi connectivity index (χ1) is 10.8. The number of nitriles is 1. The van der Waals surface area contributed by atoms with Crippen LogP contribution < -0.4 is 14.2 Å². The molecule has 124 valence electrons. The SMILES string of the molecule is COc1cc(C=C(C#N)C(=O)C(C)C)cc(OC)c1OC(F)F. The predicted octanol–water partition coefficient (Wildman–Crippen LogP) is 3.44. The fraction of sp³-hybridized carbons (Fsp3) is 0.375. The maximum atomic E-state index is 12.5. The lowest BCUT2D eigenvalue weighted by Crippen LogP contribution is -2.09. The van der Waals surface area contributed by atoms with Crippen molar-refractivity contribution in [2.45, 2.75) is 20.5 Å². The van der Waals surface area contributed by atoms with Gasteiger partial charge in [-0.15, -0.1) is 0 Å². The van der Waals surface area contributed by atoms with Crippen LogP contribution in [0.25, 0.3) is 6.08 Å². The molecule has 0 spiro atoms. The molecule has 0 N–H and O–H groups in total. The minimum absolute atomic E-state index is 0.00480. The summed E-state index contributed by atoms with van der Waals surface area (Å²) in [5, 5.41) is 9.11. The number of methoxy groups -OCH3 is 2. The van der Waals surface area contributed by atoms with Gasteiger partial charge in [0.2, 0.25) is 5.75 Å². The van der Waals surface area contributed by atoms with Crippen molar-refractivity contribution >= 4 is 11.9 Å². The van der Waals surface area contributed by atoms with Gasteiger partial charge in [-0.2, -0.15) is 14.0 Å². The molecule has 7 heteroatoms. The van der Waals surface area contributed by atoms with Crippen molar-refractivity contribution in [1.29, 1.82) is 5.26 Å². The maximum absolute atomic E-state index is 12.5. The number of benzene rings is 1. The van der Waals surface area contributed by atoms with Gasteiger partial charge in [0.05, 0.1) is 19.8 Å². The van der Waals surface area contributed by atoms with E-state index in [1.807, 2.05) is 6.07 Å². The van der Waals surface area contributed by atoms with E-state index in [9.17, 15) is 13.6 Å². The molecule has 1 aromatic rings. The molecule has 1 rings (SSSR count). The molecule has 0 radical (unpaired) electrons. The third-order valence-electron chi connectivity index (χ3n) is 2.91. The van der Waals surface area contributed by atoms with Crippen molar-refractivity contribution in [3.63, 3.8) is 0 Å². The number of halogens is 2. The first-order valence-corrected chi connectivity index (χ1v) is 6.70. The molecular weight excluding hydrogens is 308 g/mol. The van der Waals surface area contributed by atoms with Crippen LogP contribution in [0, 0.1) is 17.2 Å². The smallest absolute Gasteiger partial charge is 0.387 e. The number of Topliss-reactive ketones (excluding diaryl/α,β-unsaturated/α-hetero) is 1. The highest BCUT2D eigenvalue weighted by Gasteiger charge is 2.19. The van der Waals surface area contributed by atoms with E-state index in [4.69, 9.17) is 14.7 Å². The second-order valence-electron chi connectivity index (χ2n) is 4.82. The van der Waals surface area contributed by atoms with Gasteiger partial charge in [0, 0.05) is 5.92 Å². The summed E-state index contributed by atoms with van der Waals surface area (Å²) in [5.41, 5.74) is 0.345. The van der Waals surface area contributed by atoms with Crippen LogP contribution >= 0.6 is 0 Å². The van der Waals surface area contributed by atoms with Crippen molar-refractivity contribution in [1.82, 2.24) is 0 Å². The summed E-state index contributed by atoms with van der Waals surface area (Å²) in [6, 6.07) is 4.59. The Balaban J connectivity index is 3.39. The molecule has 0 aromatic heterocycles. The zero-order valence-electron chi connectivity index (χ0n) is 13.2. The first-order valence-electron chi connectivity index (χ1n) is 6.70. The van der Waals surface area contributed by atoms with Crippen LogP contribution in [0.1, 0.15) is 19.4 Å². The van der Waals surface area contributed by atoms with Crippen molar-refractivity contribution < 1.29 is 27.8 Å². The molecule has 0 amide bonds. The standard InChI is InChI=1S/C16H17F2NO4/c1-9(2)14(20)11(8-19)5-10-6-12(21-3)15(23-16(17)18)13(7-10)22-4/h5-7,9,16H,1-4H3. The highest BCUT2D eigenvalue weighted by molar-refractivity contribution is 6.04. The molecule has 23 heavy (non-hydrogen) atoms. The Morgan fingerprint density at radius 1 is 1.22 bits per heavy atom. The summed E-state index contributed by atoms with van der Waals surface area (Å²) >= 11 is 0. The molecular formula is C16H17F2NO4. The van der Waals surface area contributed by atoms with E-state index in [-0.39, 0.29) is 34.5 Å². The Morgan fingerprint density at radius 2 is 1.74 bits per heavy atom. The van der Waals surface area contributed by atoms with E-state index in [1.165, 1.54) is 32.4 Å². The van der Waals surface area contributed by atoms with Gasteiger partial charge in [-0.3, -0.25) is 4.79 Å². The molecule has 0 aliphatic rings. The molecule has 0 unspecified atom stereocenters. The predicted molar refractivity (Wildman–Crippen MR) is 79.6 cm³/mol. The Hall–Kier alpha value is -2.62. The zero-order valence-corrected chi connectivity index (χ0v) is 13.2. The van der Waals surface area contributed by atoms with E-state index in [0.29, 0.717) is 5.56 Å². The minimum atomic E-state index is -3.05. The number of ketones is 1. The van der Waals surface area contributed by atoms with Gasteiger partial charge in [0.25, 0.3) is 0 Å². The number of ether oxygens (including phenoxy) is 3. The monoisotopic (exact) mass is 325 g/mol. The van der Waals surface area contributed by atoms with Crippen molar-refractivity contribution in [3.8, 4) is 23.3 Å². The van der Waals surface area contributed by atoms with Crippen LogP contribution in [0.4, 0.5) is 8.78 Å². The van der Waals surface area contributed by atoms with Gasteiger partial charge in [0.1, 0.15) is 6.07 Å². The van der Waals surface area contributed by atoms with Crippen LogP contribution in [-0.2, 0) is 4.79 Å². The molecule has 0 saturated carbocycles. The van der Waals surface area contributed by atoms with Gasteiger partial charge in [-0.25, -0.2) is 0 Å². The van der Waals surface area contributed by atoms with Gasteiger partial charge in [0.15, 0.2) is 17.3 Å². The van der Waals surface area contributed by atoms with E-state index in [0.717, 1.165) is 0 Å². The third-order valence-corrected chi connectivity index (χ3v) is 2.91. The van der Waals surface area contributed by atoms with Crippen LogP contribution in [0.2, 0.25) is 0 Å². The zero-order chi connectivity index (χ0) is 17.6. The molecule has 0 fully saturated rings. The highest BCUT2D eigenvalue weighted by Crippen LogP contribution is 2.40. The first kappa shape index (κ1) is 18.4. The summed E-state index contributed by atoms with van der Waals surface area (Å²) in [5.74, 6) is -0.907. The average Bonchev–Trinajstić information content (AvgIpc) is 2.51. The van der Waals surface area contributed by atoms with Crippen molar-refractivity contribution in [3.05, 3.63) is 23.3 Å². The van der Waals surface area contributed by atoms with Gasteiger partial charge in [-0.05, 0) is 23.8 Å². The fourth-order valence-electron chi connectivity index (χ4n) is 1.82. The number of alkyl halides is 2. The van der Waals surface area contributed by atoms with Crippen molar-refractivity contribution in [2.24, 2.45) is 5.92 Å². The summed E-state index contributed by atoms with van der Waals surface area (Å²) < 4.78 is 39.4. The second kappa shape index (κ2) is 8.13. The van der Waals surface area contributed by atoms with E-state index in [1.54, 1.807) is 13.8 Å². The number of nitrogens with zero attached hydrogens (tertiary/aromatic N) is 1. The number of hydrogen-bond acceptors (Lipinski definition) is 5. The summed E-state index contributed by atoms with van der Waals surface area (Å²) in [6.07, 6.45) is 1.35. The lowest BCUT2D eigenvalue weighted by Gasteiger charge is -2.14. The van der Waals surface area contributed by atoms with E-state index < -0.39 is 6.61 Å². The largest absolute Gasteiger partial charge is 0.493 e. The quantitative estimate of drug-likeness (QED) is 0.567. The summed E-state index contributed by atoms with van der Waals surface area (Å²) in [7, 11) is 2.57. The maximum Gasteiger partial charge on any atom is 0.387 e. The van der Waals surface area contributed by atoms with E-state index in [2.05, 4.69) is 4.74 Å². The summed E-state index contributed by atoms with van der Waals surface area (Å²) in [6.45, 7) is 0.305. The van der Waals surface area contributed by atoms with Gasteiger partial charge < -0.3 is 14.2 Å². The van der Waals surface area contributed by atoms with Gasteiger partial charge in [-0.1, -0.05) is 13.8 Å². The topological polar surface area (TPSA) is 68.5 Å². The molecule has 0 saturated heterocycles.